The number of hydrogen-bond donors (Lipinski definition) is 3. The van der Waals surface area contributed by atoms with Gasteiger partial charge in [0.15, 0.2) is 0 Å². The minimum atomic E-state index is -0.861. The second-order valence-corrected chi connectivity index (χ2v) is 11.9. The predicted molar refractivity (Wildman–Crippen MR) is 173 cm³/mol. The molecule has 1 aromatic rings. The number of amides is 1. The Labute approximate surface area is 265 Å². The summed E-state index contributed by atoms with van der Waals surface area (Å²) in [7, 11) is 0. The van der Waals surface area contributed by atoms with Crippen LogP contribution in [-0.4, -0.2) is 132 Å². The average molecular weight is 622 g/mol. The van der Waals surface area contributed by atoms with E-state index in [1.807, 2.05) is 28.0 Å². The number of piperidine rings is 1. The van der Waals surface area contributed by atoms with Gasteiger partial charge in [-0.3, -0.25) is 34.2 Å². The van der Waals surface area contributed by atoms with Crippen LogP contribution >= 0.6 is 0 Å². The van der Waals surface area contributed by atoms with Gasteiger partial charge in [0, 0.05) is 89.5 Å². The van der Waals surface area contributed by atoms with Crippen molar-refractivity contribution in [1.29, 1.82) is 0 Å². The minimum absolute atomic E-state index is 0.0471. The smallest absolute Gasteiger partial charge is 0.317 e. The number of pyridine rings is 1. The number of rotatable bonds is 9. The fourth-order valence-corrected chi connectivity index (χ4v) is 5.80. The van der Waals surface area contributed by atoms with Gasteiger partial charge in [0.05, 0.1) is 35.9 Å². The molecule has 0 bridgehead atoms. The van der Waals surface area contributed by atoms with Crippen LogP contribution in [0.5, 0.6) is 0 Å². The quantitative estimate of drug-likeness (QED) is 0.264. The van der Waals surface area contributed by atoms with Crippen molar-refractivity contribution in [3.63, 3.8) is 0 Å². The number of nitrogens with one attached hydrogen (secondary N) is 1. The first-order chi connectivity index (χ1) is 21.9. The third kappa shape index (κ3) is 12.5. The lowest BCUT2D eigenvalue weighted by molar-refractivity contribution is -0.138. The molecule has 1 aromatic heterocycles. The number of carbonyl (C=O) groups is 2. The van der Waals surface area contributed by atoms with Gasteiger partial charge >= 0.3 is 5.97 Å². The van der Waals surface area contributed by atoms with E-state index in [1.165, 1.54) is 0 Å². The van der Waals surface area contributed by atoms with E-state index in [9.17, 15) is 19.6 Å². The molecule has 0 atom stereocenters. The molecular formula is C32H47N9O4. The molecule has 1 amide bonds. The van der Waals surface area contributed by atoms with Gasteiger partial charge in [0.25, 0.3) is 5.91 Å². The molecule has 3 aliphatic rings. The number of nitroso groups, excluding NO2 is 1. The molecule has 244 valence electrons. The maximum atomic E-state index is 12.1. The fraction of sp³-hybridized carbons (Fsp3) is 0.625. The van der Waals surface area contributed by atoms with Gasteiger partial charge in [-0.25, -0.2) is 4.99 Å². The van der Waals surface area contributed by atoms with E-state index >= 15 is 0 Å². The largest absolute Gasteiger partial charge is 0.480 e. The number of carboxylic acid groups (broad SMARTS) is 1. The molecule has 2 saturated heterocycles. The molecule has 0 aliphatic carbocycles. The lowest BCUT2D eigenvalue weighted by atomic mass is 9.98. The normalized spacial score (nSPS) is 20.6. The van der Waals surface area contributed by atoms with Crippen LogP contribution in [0.3, 0.4) is 0 Å². The summed E-state index contributed by atoms with van der Waals surface area (Å²) in [4.78, 5) is 52.8. The van der Waals surface area contributed by atoms with Gasteiger partial charge in [-0.15, -0.1) is 4.91 Å². The highest BCUT2D eigenvalue weighted by molar-refractivity contribution is 6.01. The van der Waals surface area contributed by atoms with Crippen LogP contribution in [0, 0.1) is 22.7 Å². The zero-order chi connectivity index (χ0) is 31.9. The number of hydrogen-bond acceptors (Lipinski definition) is 11. The minimum Gasteiger partial charge on any atom is -0.480 e. The molecule has 45 heavy (non-hydrogen) atoms. The summed E-state index contributed by atoms with van der Waals surface area (Å²) in [5.74, 6) is 5.63. The maximum Gasteiger partial charge on any atom is 0.317 e. The summed E-state index contributed by atoms with van der Waals surface area (Å²) >= 11 is 0. The molecule has 2 fully saturated rings. The first-order valence-electron chi connectivity index (χ1n) is 16.0. The summed E-state index contributed by atoms with van der Waals surface area (Å²) in [5.41, 5.74) is 9.35. The van der Waals surface area contributed by atoms with Crippen molar-refractivity contribution in [2.24, 2.45) is 21.8 Å². The Kier molecular flexibility index (Phi) is 14.2. The van der Waals surface area contributed by atoms with E-state index in [2.05, 4.69) is 43.2 Å². The van der Waals surface area contributed by atoms with Crippen molar-refractivity contribution >= 4 is 17.6 Å². The first kappa shape index (κ1) is 34.5. The maximum absolute atomic E-state index is 12.1. The molecular weight excluding hydrogens is 574 g/mol. The number of carbonyl (C=O) groups excluding carboxylic acids is 1. The van der Waals surface area contributed by atoms with Crippen molar-refractivity contribution in [1.82, 2.24) is 29.9 Å². The fourth-order valence-electron chi connectivity index (χ4n) is 5.80. The number of aliphatic carboxylic acids is 1. The van der Waals surface area contributed by atoms with Crippen molar-refractivity contribution < 1.29 is 14.7 Å². The van der Waals surface area contributed by atoms with Crippen LogP contribution in [-0.2, 0) is 22.7 Å². The first-order valence-corrected chi connectivity index (χ1v) is 16.0. The van der Waals surface area contributed by atoms with E-state index in [4.69, 9.17) is 10.7 Å². The lowest BCUT2D eigenvalue weighted by Gasteiger charge is -2.33. The summed E-state index contributed by atoms with van der Waals surface area (Å²) in [6.07, 6.45) is 6.02. The van der Waals surface area contributed by atoms with Crippen LogP contribution in [0.4, 0.5) is 0 Å². The van der Waals surface area contributed by atoms with Crippen LogP contribution in [0.2, 0.25) is 0 Å². The van der Waals surface area contributed by atoms with Gasteiger partial charge in [0.2, 0.25) is 0 Å². The Morgan fingerprint density at radius 2 is 1.56 bits per heavy atom. The van der Waals surface area contributed by atoms with E-state index in [-0.39, 0.29) is 13.1 Å². The van der Waals surface area contributed by atoms with Crippen LogP contribution in [0.25, 0.3) is 0 Å². The van der Waals surface area contributed by atoms with E-state index < -0.39 is 11.9 Å². The second-order valence-electron chi connectivity index (χ2n) is 11.9. The van der Waals surface area contributed by atoms with Crippen LogP contribution < -0.4 is 11.1 Å². The van der Waals surface area contributed by atoms with Gasteiger partial charge in [0.1, 0.15) is 0 Å². The van der Waals surface area contributed by atoms with Gasteiger partial charge in [-0.1, -0.05) is 24.0 Å². The SMILES string of the molecule is NCc1cccc(CN2CCN(CC(=O)O)CCN(CC3=CCCC(C#CC4CCNCC4)=N3)CCN(CC(=O)N=O)CC2)n1. The molecule has 0 spiro atoms. The summed E-state index contributed by atoms with van der Waals surface area (Å²) < 4.78 is 0. The summed E-state index contributed by atoms with van der Waals surface area (Å²) in [6, 6.07) is 5.77. The van der Waals surface area contributed by atoms with Crippen molar-refractivity contribution in [2.75, 3.05) is 85.1 Å². The number of aliphatic imine (C=N–C) groups is 1. The van der Waals surface area contributed by atoms with Gasteiger partial charge in [-0.05, 0) is 44.5 Å². The highest BCUT2D eigenvalue weighted by atomic mass is 16.4. The highest BCUT2D eigenvalue weighted by Gasteiger charge is 2.21. The zero-order valence-corrected chi connectivity index (χ0v) is 26.2. The molecule has 13 nitrogen and oxygen atoms in total. The molecule has 13 heteroatoms. The summed E-state index contributed by atoms with van der Waals surface area (Å²) in [5, 5.41) is 15.7. The summed E-state index contributed by atoms with van der Waals surface area (Å²) in [6.45, 7) is 8.11. The number of allylic oxidation sites excluding steroid dienone is 1. The van der Waals surface area contributed by atoms with Crippen molar-refractivity contribution in [2.45, 2.75) is 38.8 Å². The number of nitrogens with two attached hydrogens (primary N) is 1. The molecule has 3 aliphatic heterocycles. The Balaban J connectivity index is 1.46. The Morgan fingerprint density at radius 3 is 2.20 bits per heavy atom. The topological polar surface area (TPSA) is 160 Å². The number of aromatic nitrogens is 1. The molecule has 4 rings (SSSR count). The standard InChI is InChI=1S/C32H47N9O4/c33-21-28-4-2-6-30(36-28)23-39-14-18-40(24-31(42)37-45)17-13-38(15-19-41(20-16-39)25-32(43)44)22-29-5-1-3-27(35-29)8-7-26-9-11-34-12-10-26/h2,4-6,26,34H,1,3,9-25,33H2,(H,43,44). The Bertz CT molecular complexity index is 1270. The zero-order valence-electron chi connectivity index (χ0n) is 26.2. The Morgan fingerprint density at radius 1 is 0.933 bits per heavy atom. The van der Waals surface area contributed by atoms with Gasteiger partial charge in [-0.2, -0.15) is 0 Å². The number of carboxylic acids is 1. The lowest BCUT2D eigenvalue weighted by Crippen LogP contribution is -2.47. The second kappa shape index (κ2) is 18.6. The molecule has 4 N–H and O–H groups in total. The average Bonchev–Trinajstić information content (AvgIpc) is 3.05. The third-order valence-corrected chi connectivity index (χ3v) is 8.39. The highest BCUT2D eigenvalue weighted by Crippen LogP contribution is 2.15. The monoisotopic (exact) mass is 621 g/mol. The molecule has 4 heterocycles. The molecule has 0 saturated carbocycles. The van der Waals surface area contributed by atoms with Crippen LogP contribution in [0.1, 0.15) is 37.1 Å². The molecule has 0 unspecified atom stereocenters. The molecule has 0 aromatic carbocycles. The Hall–Kier alpha value is -3.38. The van der Waals surface area contributed by atoms with E-state index in [1.54, 1.807) is 0 Å². The van der Waals surface area contributed by atoms with Crippen molar-refractivity contribution in [3.8, 4) is 11.8 Å². The molecule has 0 radical (unpaired) electrons. The third-order valence-electron chi connectivity index (χ3n) is 8.39. The van der Waals surface area contributed by atoms with Crippen molar-refractivity contribution in [3.05, 3.63) is 46.3 Å². The van der Waals surface area contributed by atoms with E-state index in [0.29, 0.717) is 77.9 Å². The van der Waals surface area contributed by atoms with E-state index in [0.717, 1.165) is 61.6 Å². The van der Waals surface area contributed by atoms with Crippen LogP contribution in [0.15, 0.2) is 40.1 Å². The number of nitrogens with zero attached hydrogens (tertiary/aromatic N) is 7. The van der Waals surface area contributed by atoms with Gasteiger partial charge < -0.3 is 16.2 Å². The predicted octanol–water partition coefficient (Wildman–Crippen LogP) is 0.761.